The molecule has 0 spiro atoms. The fourth-order valence-electron chi connectivity index (χ4n) is 6.57. The smallest absolute Gasteiger partial charge is 0.226 e. The minimum absolute atomic E-state index is 0.255. The lowest BCUT2D eigenvalue weighted by Gasteiger charge is -2.58. The lowest BCUT2D eigenvalue weighted by molar-refractivity contribution is -0.129. The molecular formula is C23H32N8O2. The normalized spacial score (nSPS) is 30.8. The van der Waals surface area contributed by atoms with Crippen molar-refractivity contribution in [3.63, 3.8) is 0 Å². The lowest BCUT2D eigenvalue weighted by Crippen LogP contribution is -2.59. The zero-order chi connectivity index (χ0) is 23.0. The average Bonchev–Trinajstić information content (AvgIpc) is 3.28. The molecule has 5 N–H and O–H groups in total. The van der Waals surface area contributed by atoms with Crippen LogP contribution in [0.15, 0.2) is 12.3 Å². The van der Waals surface area contributed by atoms with Gasteiger partial charge in [-0.05, 0) is 70.6 Å². The second kappa shape index (κ2) is 7.14. The fourth-order valence-corrected chi connectivity index (χ4v) is 6.57. The Morgan fingerprint density at radius 1 is 1.21 bits per heavy atom. The van der Waals surface area contributed by atoms with E-state index >= 15 is 0 Å². The van der Waals surface area contributed by atoms with Crippen molar-refractivity contribution in [1.29, 1.82) is 0 Å². The second-order valence-electron chi connectivity index (χ2n) is 11.2. The molecule has 0 aliphatic heterocycles. The van der Waals surface area contributed by atoms with Crippen LogP contribution in [0.3, 0.4) is 0 Å². The van der Waals surface area contributed by atoms with Gasteiger partial charge >= 0.3 is 0 Å². The summed E-state index contributed by atoms with van der Waals surface area (Å²) in [5, 5.41) is 40.7. The number of hydrogen-bond acceptors (Lipinski definition) is 8. The van der Waals surface area contributed by atoms with Gasteiger partial charge in [0.1, 0.15) is 5.82 Å². The quantitative estimate of drug-likeness (QED) is 0.385. The number of aryl methyl sites for hydroxylation is 1. The van der Waals surface area contributed by atoms with Crippen molar-refractivity contribution in [3.05, 3.63) is 18.0 Å². The third kappa shape index (κ3) is 3.85. The van der Waals surface area contributed by atoms with Gasteiger partial charge < -0.3 is 20.8 Å². The van der Waals surface area contributed by atoms with Gasteiger partial charge in [-0.1, -0.05) is 0 Å². The van der Waals surface area contributed by atoms with Crippen LogP contribution in [0.4, 0.5) is 17.6 Å². The van der Waals surface area contributed by atoms with Gasteiger partial charge in [0.15, 0.2) is 11.5 Å². The number of rotatable bonds is 6. The van der Waals surface area contributed by atoms with Crippen LogP contribution in [0.1, 0.15) is 51.6 Å². The predicted octanol–water partition coefficient (Wildman–Crippen LogP) is 2.72. The summed E-state index contributed by atoms with van der Waals surface area (Å²) >= 11 is 0. The third-order valence-electron chi connectivity index (χ3n) is 7.52. The summed E-state index contributed by atoms with van der Waals surface area (Å²) in [6.07, 6.45) is 6.72. The van der Waals surface area contributed by atoms with E-state index in [2.05, 4.69) is 25.9 Å². The van der Waals surface area contributed by atoms with E-state index in [9.17, 15) is 10.2 Å². The minimum atomic E-state index is -0.929. The van der Waals surface area contributed by atoms with Crippen molar-refractivity contribution in [2.45, 2.75) is 76.7 Å². The van der Waals surface area contributed by atoms with Crippen LogP contribution in [-0.2, 0) is 6.54 Å². The van der Waals surface area contributed by atoms with Crippen LogP contribution >= 0.6 is 0 Å². The van der Waals surface area contributed by atoms with E-state index in [-0.39, 0.29) is 6.04 Å². The molecule has 3 aromatic rings. The van der Waals surface area contributed by atoms with Crippen LogP contribution < -0.4 is 10.6 Å². The standard InChI is InChI=1S/C23H32N8O2/c1-12-4-17(30-29-12)25-19-16-10-24-31(11-22(2,3)32)20(16)28-21(27-19)26-18-14-5-13-6-15(18)9-23(33,7-13)8-14/h4,10,13-15,18,32-33H,5-9,11H2,1-3H3,(H3,25,26,27,28,29,30). The molecule has 4 aliphatic rings. The molecule has 4 bridgehead atoms. The highest BCUT2D eigenvalue weighted by Gasteiger charge is 2.54. The van der Waals surface area contributed by atoms with Crippen LogP contribution in [0.2, 0.25) is 0 Å². The van der Waals surface area contributed by atoms with Gasteiger partial charge in [0, 0.05) is 17.8 Å². The molecule has 3 heterocycles. The molecule has 0 saturated heterocycles. The molecule has 0 aromatic carbocycles. The first-order valence-electron chi connectivity index (χ1n) is 11.9. The molecule has 4 saturated carbocycles. The van der Waals surface area contributed by atoms with Gasteiger partial charge in [0.2, 0.25) is 5.95 Å². The van der Waals surface area contributed by atoms with Gasteiger partial charge in [-0.2, -0.15) is 20.2 Å². The van der Waals surface area contributed by atoms with E-state index in [4.69, 9.17) is 9.97 Å². The van der Waals surface area contributed by atoms with Crippen LogP contribution in [0.25, 0.3) is 11.0 Å². The second-order valence-corrected chi connectivity index (χ2v) is 11.2. The Balaban J connectivity index is 1.36. The van der Waals surface area contributed by atoms with Gasteiger partial charge in [0.25, 0.3) is 0 Å². The molecule has 10 heteroatoms. The number of hydrogen-bond donors (Lipinski definition) is 5. The Labute approximate surface area is 192 Å². The zero-order valence-electron chi connectivity index (χ0n) is 19.3. The number of H-pyrrole nitrogens is 1. The number of aromatic amines is 1. The highest BCUT2D eigenvalue weighted by Crippen LogP contribution is 2.56. The van der Waals surface area contributed by atoms with Gasteiger partial charge in [-0.3, -0.25) is 5.10 Å². The van der Waals surface area contributed by atoms with Crippen molar-refractivity contribution < 1.29 is 10.2 Å². The molecule has 33 heavy (non-hydrogen) atoms. The molecular weight excluding hydrogens is 420 g/mol. The van der Waals surface area contributed by atoms with Crippen molar-refractivity contribution in [3.8, 4) is 0 Å². The summed E-state index contributed by atoms with van der Waals surface area (Å²) in [4.78, 5) is 9.65. The summed E-state index contributed by atoms with van der Waals surface area (Å²) in [5.74, 6) is 3.35. The first-order valence-corrected chi connectivity index (χ1v) is 11.9. The van der Waals surface area contributed by atoms with E-state index in [0.717, 1.165) is 43.2 Å². The van der Waals surface area contributed by atoms with Crippen LogP contribution in [0, 0.1) is 24.7 Å². The largest absolute Gasteiger partial charge is 0.390 e. The fraction of sp³-hybridized carbons (Fsp3) is 0.652. The van der Waals surface area contributed by atoms with Gasteiger partial charge in [0.05, 0.1) is 29.3 Å². The molecule has 7 rings (SSSR count). The molecule has 0 amide bonds. The van der Waals surface area contributed by atoms with Crippen molar-refractivity contribution in [1.82, 2.24) is 29.9 Å². The molecule has 4 fully saturated rings. The molecule has 3 aromatic heterocycles. The van der Waals surface area contributed by atoms with E-state index in [0.29, 0.717) is 47.5 Å². The Morgan fingerprint density at radius 2 is 1.97 bits per heavy atom. The number of nitrogens with one attached hydrogen (secondary N) is 3. The summed E-state index contributed by atoms with van der Waals surface area (Å²) in [6, 6.07) is 2.17. The van der Waals surface area contributed by atoms with Gasteiger partial charge in [-0.15, -0.1) is 0 Å². The average molecular weight is 453 g/mol. The zero-order valence-corrected chi connectivity index (χ0v) is 19.3. The molecule has 2 atom stereocenters. The highest BCUT2D eigenvalue weighted by atomic mass is 16.3. The van der Waals surface area contributed by atoms with Gasteiger partial charge in [-0.25, -0.2) is 4.68 Å². The molecule has 176 valence electrons. The molecule has 4 aliphatic carbocycles. The highest BCUT2D eigenvalue weighted by molar-refractivity contribution is 5.89. The summed E-state index contributed by atoms with van der Waals surface area (Å²) in [6.45, 7) is 5.78. The number of aromatic nitrogens is 6. The number of fused-ring (bicyclic) bond motifs is 1. The van der Waals surface area contributed by atoms with E-state index in [1.54, 1.807) is 24.7 Å². The van der Waals surface area contributed by atoms with E-state index < -0.39 is 11.2 Å². The maximum absolute atomic E-state index is 10.9. The molecule has 10 nitrogen and oxygen atoms in total. The Kier molecular flexibility index (Phi) is 4.51. The molecule has 0 radical (unpaired) electrons. The van der Waals surface area contributed by atoms with Crippen molar-refractivity contribution in [2.75, 3.05) is 10.6 Å². The monoisotopic (exact) mass is 452 g/mol. The number of anilines is 3. The maximum atomic E-state index is 10.9. The van der Waals surface area contributed by atoms with Crippen molar-refractivity contribution in [2.24, 2.45) is 17.8 Å². The number of aliphatic hydroxyl groups is 2. The van der Waals surface area contributed by atoms with E-state index in [1.807, 2.05) is 13.0 Å². The first kappa shape index (κ1) is 20.9. The lowest BCUT2D eigenvalue weighted by atomic mass is 9.52. The first-order chi connectivity index (χ1) is 15.6. The summed E-state index contributed by atoms with van der Waals surface area (Å²) < 4.78 is 1.72. The van der Waals surface area contributed by atoms with Crippen LogP contribution in [-0.4, -0.2) is 57.4 Å². The van der Waals surface area contributed by atoms with E-state index in [1.165, 1.54) is 0 Å². The Hall–Kier alpha value is -2.72. The minimum Gasteiger partial charge on any atom is -0.390 e. The van der Waals surface area contributed by atoms with Crippen molar-refractivity contribution >= 4 is 28.6 Å². The predicted molar refractivity (Wildman–Crippen MR) is 124 cm³/mol. The van der Waals surface area contributed by atoms with Crippen LogP contribution in [0.5, 0.6) is 0 Å². The Morgan fingerprint density at radius 3 is 2.61 bits per heavy atom. The maximum Gasteiger partial charge on any atom is 0.226 e. The number of nitrogens with zero attached hydrogens (tertiary/aromatic N) is 5. The molecule has 2 unspecified atom stereocenters. The summed E-state index contributed by atoms with van der Waals surface area (Å²) in [7, 11) is 0. The topological polar surface area (TPSA) is 137 Å². The SMILES string of the molecule is Cc1cc(Nc2nc(NC3C4CC5CC3CC(O)(C5)C4)nc3c2cnn3CC(C)(C)O)n[nH]1. The summed E-state index contributed by atoms with van der Waals surface area (Å²) in [5.41, 5.74) is 0.202. The third-order valence-corrected chi connectivity index (χ3v) is 7.52. The Bertz CT molecular complexity index is 1180.